The summed E-state index contributed by atoms with van der Waals surface area (Å²) < 4.78 is 15.1. The van der Waals surface area contributed by atoms with Gasteiger partial charge in [0.15, 0.2) is 6.17 Å². The van der Waals surface area contributed by atoms with Crippen LogP contribution in [-0.2, 0) is 17.9 Å². The Hall–Kier alpha value is -2.73. The van der Waals surface area contributed by atoms with Crippen molar-refractivity contribution in [3.63, 3.8) is 0 Å². The maximum atomic E-state index is 15.1. The fourth-order valence-electron chi connectivity index (χ4n) is 3.57. The summed E-state index contributed by atoms with van der Waals surface area (Å²) in [5.74, 6) is -1.29. The maximum absolute atomic E-state index is 15.1. The molecule has 1 fully saturated rings. The highest BCUT2D eigenvalue weighted by molar-refractivity contribution is 5.92. The Balaban J connectivity index is 1.80. The van der Waals surface area contributed by atoms with E-state index in [2.05, 4.69) is 5.32 Å². The number of nitrogens with two attached hydrogens (primary N) is 1. The minimum Gasteiger partial charge on any atom is -0.366 e. The SMILES string of the molecule is NC(=O)c1cccc(CN(Cc2ccccc2)C(=O)C(F)C2CCNCC2)c1. The molecule has 148 valence electrons. The molecule has 1 aliphatic heterocycles. The van der Waals surface area contributed by atoms with Crippen molar-refractivity contribution >= 4 is 11.8 Å². The normalized spacial score (nSPS) is 15.8. The molecule has 1 unspecified atom stereocenters. The number of halogens is 1. The average Bonchev–Trinajstić information content (AvgIpc) is 2.74. The van der Waals surface area contributed by atoms with E-state index < -0.39 is 18.0 Å². The second kappa shape index (κ2) is 9.46. The number of carbonyl (C=O) groups is 2. The van der Waals surface area contributed by atoms with Gasteiger partial charge in [-0.1, -0.05) is 42.5 Å². The van der Waals surface area contributed by atoms with Crippen molar-refractivity contribution in [1.29, 1.82) is 0 Å². The van der Waals surface area contributed by atoms with Gasteiger partial charge < -0.3 is 16.0 Å². The topological polar surface area (TPSA) is 75.4 Å². The molecule has 5 nitrogen and oxygen atoms in total. The van der Waals surface area contributed by atoms with E-state index in [-0.39, 0.29) is 12.5 Å². The Morgan fingerprint density at radius 1 is 1.04 bits per heavy atom. The molecule has 1 saturated heterocycles. The molecule has 1 aliphatic rings. The molecule has 0 aliphatic carbocycles. The molecule has 0 bridgehead atoms. The van der Waals surface area contributed by atoms with Crippen molar-refractivity contribution in [3.05, 3.63) is 71.3 Å². The van der Waals surface area contributed by atoms with Gasteiger partial charge in [0.05, 0.1) is 0 Å². The van der Waals surface area contributed by atoms with Gasteiger partial charge in [-0.15, -0.1) is 0 Å². The van der Waals surface area contributed by atoms with Crippen molar-refractivity contribution < 1.29 is 14.0 Å². The summed E-state index contributed by atoms with van der Waals surface area (Å²) in [5.41, 5.74) is 7.41. The molecule has 0 saturated carbocycles. The Morgan fingerprint density at radius 2 is 1.68 bits per heavy atom. The van der Waals surface area contributed by atoms with Gasteiger partial charge in [0, 0.05) is 24.6 Å². The van der Waals surface area contributed by atoms with Crippen molar-refractivity contribution in [2.45, 2.75) is 32.1 Å². The summed E-state index contributed by atoms with van der Waals surface area (Å²) in [7, 11) is 0. The van der Waals surface area contributed by atoms with Crippen LogP contribution in [0.3, 0.4) is 0 Å². The minimum absolute atomic E-state index is 0.222. The standard InChI is InChI=1S/C22H26FN3O2/c23-20(18-9-11-25-12-10-18)22(28)26(14-16-5-2-1-3-6-16)15-17-7-4-8-19(13-17)21(24)27/h1-8,13,18,20,25H,9-12,14-15H2,(H2,24,27). The van der Waals surface area contributed by atoms with E-state index in [1.807, 2.05) is 36.4 Å². The third kappa shape index (κ3) is 5.16. The lowest BCUT2D eigenvalue weighted by atomic mass is 9.92. The predicted molar refractivity (Wildman–Crippen MR) is 106 cm³/mol. The summed E-state index contributed by atoms with van der Waals surface area (Å²) in [4.78, 5) is 26.0. The van der Waals surface area contributed by atoms with Crippen molar-refractivity contribution in [1.82, 2.24) is 10.2 Å². The number of nitrogens with zero attached hydrogens (tertiary/aromatic N) is 1. The third-order valence-electron chi connectivity index (χ3n) is 5.15. The number of benzene rings is 2. The highest BCUT2D eigenvalue weighted by Crippen LogP contribution is 2.23. The molecule has 2 amide bonds. The first kappa shape index (κ1) is 20.0. The second-order valence-corrected chi connectivity index (χ2v) is 7.23. The van der Waals surface area contributed by atoms with Crippen molar-refractivity contribution in [2.75, 3.05) is 13.1 Å². The zero-order valence-corrected chi connectivity index (χ0v) is 15.8. The van der Waals surface area contributed by atoms with E-state index in [9.17, 15) is 9.59 Å². The van der Waals surface area contributed by atoms with E-state index in [4.69, 9.17) is 5.73 Å². The van der Waals surface area contributed by atoms with Gasteiger partial charge in [-0.3, -0.25) is 9.59 Å². The molecule has 2 aromatic rings. The van der Waals surface area contributed by atoms with Crippen LogP contribution in [0.5, 0.6) is 0 Å². The molecule has 0 radical (unpaired) electrons. The highest BCUT2D eigenvalue weighted by atomic mass is 19.1. The first-order valence-corrected chi connectivity index (χ1v) is 9.61. The van der Waals surface area contributed by atoms with Crippen LogP contribution in [0.2, 0.25) is 0 Å². The molecule has 3 rings (SSSR count). The molecule has 6 heteroatoms. The number of carbonyl (C=O) groups excluding carboxylic acids is 2. The molecule has 1 heterocycles. The van der Waals surface area contributed by atoms with Crippen LogP contribution in [0.15, 0.2) is 54.6 Å². The van der Waals surface area contributed by atoms with Crippen LogP contribution < -0.4 is 11.1 Å². The minimum atomic E-state index is -1.52. The first-order valence-electron chi connectivity index (χ1n) is 9.61. The number of alkyl halides is 1. The number of rotatable bonds is 7. The highest BCUT2D eigenvalue weighted by Gasteiger charge is 2.32. The fourth-order valence-corrected chi connectivity index (χ4v) is 3.57. The smallest absolute Gasteiger partial charge is 0.258 e. The molecular weight excluding hydrogens is 357 g/mol. The van der Waals surface area contributed by atoms with Gasteiger partial charge in [-0.2, -0.15) is 0 Å². The van der Waals surface area contributed by atoms with Crippen LogP contribution in [0.1, 0.15) is 34.3 Å². The van der Waals surface area contributed by atoms with E-state index in [0.29, 0.717) is 24.9 Å². The van der Waals surface area contributed by atoms with Gasteiger partial charge in [-0.05, 0) is 49.2 Å². The number of amides is 2. The van der Waals surface area contributed by atoms with Crippen LogP contribution in [-0.4, -0.2) is 36.0 Å². The number of primary amides is 1. The lowest BCUT2D eigenvalue weighted by Gasteiger charge is -2.30. The Bertz CT molecular complexity index is 806. The summed E-state index contributed by atoms with van der Waals surface area (Å²) in [6, 6.07) is 16.3. The van der Waals surface area contributed by atoms with Crippen molar-refractivity contribution in [3.8, 4) is 0 Å². The summed E-state index contributed by atoms with van der Waals surface area (Å²) in [6.45, 7) is 2.00. The molecule has 1 atom stereocenters. The van der Waals surface area contributed by atoms with Crippen molar-refractivity contribution in [2.24, 2.45) is 11.7 Å². The first-order chi connectivity index (χ1) is 13.5. The Morgan fingerprint density at radius 3 is 2.36 bits per heavy atom. The van der Waals surface area contributed by atoms with Gasteiger partial charge in [0.2, 0.25) is 5.91 Å². The van der Waals surface area contributed by atoms with E-state index >= 15 is 4.39 Å². The Kier molecular flexibility index (Phi) is 6.76. The predicted octanol–water partition coefficient (Wildman–Crippen LogP) is 2.65. The van der Waals surface area contributed by atoms with E-state index in [0.717, 1.165) is 24.2 Å². The lowest BCUT2D eigenvalue weighted by Crippen LogP contribution is -2.43. The molecular formula is C22H26FN3O2. The summed E-state index contributed by atoms with van der Waals surface area (Å²) in [5, 5.41) is 3.20. The second-order valence-electron chi connectivity index (χ2n) is 7.23. The number of nitrogens with one attached hydrogen (secondary N) is 1. The zero-order valence-electron chi connectivity index (χ0n) is 15.8. The zero-order chi connectivity index (χ0) is 19.9. The average molecular weight is 383 g/mol. The summed E-state index contributed by atoms with van der Waals surface area (Å²) in [6.07, 6.45) is -0.211. The number of piperidine rings is 1. The van der Waals surface area contributed by atoms with Crippen LogP contribution in [0.4, 0.5) is 4.39 Å². The molecule has 0 spiro atoms. The maximum Gasteiger partial charge on any atom is 0.258 e. The monoisotopic (exact) mass is 383 g/mol. The van der Waals surface area contributed by atoms with Crippen LogP contribution in [0.25, 0.3) is 0 Å². The van der Waals surface area contributed by atoms with E-state index in [1.165, 1.54) is 4.90 Å². The van der Waals surface area contributed by atoms with Gasteiger partial charge in [0.1, 0.15) is 0 Å². The summed E-state index contributed by atoms with van der Waals surface area (Å²) >= 11 is 0. The third-order valence-corrected chi connectivity index (χ3v) is 5.15. The fraction of sp³-hybridized carbons (Fsp3) is 0.364. The van der Waals surface area contributed by atoms with Gasteiger partial charge >= 0.3 is 0 Å². The quantitative estimate of drug-likeness (QED) is 0.772. The molecule has 3 N–H and O–H groups in total. The van der Waals surface area contributed by atoms with Gasteiger partial charge in [-0.25, -0.2) is 4.39 Å². The molecule has 0 aromatic heterocycles. The van der Waals surface area contributed by atoms with Crippen LogP contribution >= 0.6 is 0 Å². The van der Waals surface area contributed by atoms with Gasteiger partial charge in [0.25, 0.3) is 5.91 Å². The number of hydrogen-bond acceptors (Lipinski definition) is 3. The molecule has 28 heavy (non-hydrogen) atoms. The van der Waals surface area contributed by atoms with Crippen LogP contribution in [0, 0.1) is 5.92 Å². The van der Waals surface area contributed by atoms with E-state index in [1.54, 1.807) is 18.2 Å². The Labute approximate surface area is 164 Å². The molecule has 2 aromatic carbocycles. The number of hydrogen-bond donors (Lipinski definition) is 2. The largest absolute Gasteiger partial charge is 0.366 e. The lowest BCUT2D eigenvalue weighted by molar-refractivity contribution is -0.140.